The Hall–Kier alpha value is -1.38. The maximum atomic E-state index is 12.8. The lowest BCUT2D eigenvalue weighted by atomic mass is 10.0. The van der Waals surface area contributed by atoms with E-state index < -0.39 is 5.82 Å². The number of halogens is 3. The van der Waals surface area contributed by atoms with Crippen molar-refractivity contribution in [1.82, 2.24) is 0 Å². The van der Waals surface area contributed by atoms with E-state index in [2.05, 4.69) is 0 Å². The smallest absolute Gasteiger partial charge is 0.196 e. The maximum Gasteiger partial charge on any atom is 0.196 e. The summed E-state index contributed by atoms with van der Waals surface area (Å²) in [5.74, 6) is -0.711. The number of hydrogen-bond donors (Lipinski definition) is 0. The number of ketones is 1. The van der Waals surface area contributed by atoms with Crippen LogP contribution in [-0.4, -0.2) is 5.78 Å². The van der Waals surface area contributed by atoms with Crippen LogP contribution in [0, 0.1) is 12.7 Å². The summed E-state index contributed by atoms with van der Waals surface area (Å²) in [7, 11) is 0. The van der Waals surface area contributed by atoms with Crippen molar-refractivity contribution in [2.24, 2.45) is 0 Å². The fourth-order valence-corrected chi connectivity index (χ4v) is 2.43. The highest BCUT2D eigenvalue weighted by atomic mass is 35.5. The Kier molecular flexibility index (Phi) is 3.69. The Morgan fingerprint density at radius 3 is 2.06 bits per heavy atom. The van der Waals surface area contributed by atoms with Crippen molar-refractivity contribution >= 4 is 29.0 Å². The third kappa shape index (κ3) is 2.55. The molecule has 1 nitrogen and oxygen atoms in total. The molecule has 0 heterocycles. The second kappa shape index (κ2) is 5.09. The van der Waals surface area contributed by atoms with Gasteiger partial charge in [-0.2, -0.15) is 0 Å². The van der Waals surface area contributed by atoms with Gasteiger partial charge in [0.15, 0.2) is 5.78 Å². The molecule has 0 saturated carbocycles. The lowest BCUT2D eigenvalue weighted by Crippen LogP contribution is -2.03. The molecule has 4 heteroatoms. The van der Waals surface area contributed by atoms with Gasteiger partial charge in [0.05, 0.1) is 15.6 Å². The first-order valence-electron chi connectivity index (χ1n) is 5.25. The minimum absolute atomic E-state index is 0.246. The van der Waals surface area contributed by atoms with Crippen LogP contribution in [0.25, 0.3) is 0 Å². The van der Waals surface area contributed by atoms with Crippen molar-refractivity contribution in [2.75, 3.05) is 0 Å². The van der Waals surface area contributed by atoms with Crippen LogP contribution in [0.5, 0.6) is 0 Å². The van der Waals surface area contributed by atoms with Crippen molar-refractivity contribution in [3.8, 4) is 0 Å². The van der Waals surface area contributed by atoms with Crippen molar-refractivity contribution in [1.29, 1.82) is 0 Å². The molecular formula is C14H9Cl2FO. The van der Waals surface area contributed by atoms with Gasteiger partial charge in [-0.3, -0.25) is 4.79 Å². The van der Waals surface area contributed by atoms with Crippen molar-refractivity contribution < 1.29 is 9.18 Å². The summed E-state index contributed by atoms with van der Waals surface area (Å²) in [6, 6.07) is 8.61. The lowest BCUT2D eigenvalue weighted by Gasteiger charge is -2.07. The van der Waals surface area contributed by atoms with E-state index in [9.17, 15) is 9.18 Å². The van der Waals surface area contributed by atoms with E-state index in [1.165, 1.54) is 24.3 Å². The molecule has 0 radical (unpaired) electrons. The monoisotopic (exact) mass is 282 g/mol. The van der Waals surface area contributed by atoms with Gasteiger partial charge in [-0.25, -0.2) is 4.39 Å². The standard InChI is InChI=1S/C14H9Cl2FO/c1-8-6-11(15)13(12(16)7-8)14(18)9-2-4-10(17)5-3-9/h2-7H,1H3. The molecule has 0 fully saturated rings. The third-order valence-corrected chi connectivity index (χ3v) is 3.12. The van der Waals surface area contributed by atoms with Crippen molar-refractivity contribution in [3.05, 3.63) is 69.0 Å². The Morgan fingerprint density at radius 1 is 1.06 bits per heavy atom. The van der Waals surface area contributed by atoms with E-state index in [1.807, 2.05) is 6.92 Å². The first kappa shape index (κ1) is 13.1. The molecule has 2 rings (SSSR count). The second-order valence-corrected chi connectivity index (χ2v) is 4.75. The van der Waals surface area contributed by atoms with E-state index in [1.54, 1.807) is 12.1 Å². The molecule has 92 valence electrons. The molecule has 0 aliphatic heterocycles. The summed E-state index contributed by atoms with van der Waals surface area (Å²) in [5, 5.41) is 0.601. The van der Waals surface area contributed by atoms with Gasteiger partial charge in [0, 0.05) is 5.56 Å². The molecule has 0 aromatic heterocycles. The van der Waals surface area contributed by atoms with Crippen molar-refractivity contribution in [3.63, 3.8) is 0 Å². The van der Waals surface area contributed by atoms with E-state index in [-0.39, 0.29) is 11.3 Å². The largest absolute Gasteiger partial charge is 0.288 e. The Labute approximate surface area is 114 Å². The van der Waals surface area contributed by atoms with Gasteiger partial charge in [-0.1, -0.05) is 23.2 Å². The van der Waals surface area contributed by atoms with Gasteiger partial charge in [0.2, 0.25) is 0 Å². The Morgan fingerprint density at radius 2 is 1.56 bits per heavy atom. The third-order valence-electron chi connectivity index (χ3n) is 2.52. The van der Waals surface area contributed by atoms with E-state index in [4.69, 9.17) is 23.2 Å². The zero-order chi connectivity index (χ0) is 13.3. The maximum absolute atomic E-state index is 12.8. The van der Waals surface area contributed by atoms with Crippen LogP contribution in [0.15, 0.2) is 36.4 Å². The molecule has 0 N–H and O–H groups in total. The molecule has 2 aromatic carbocycles. The lowest BCUT2D eigenvalue weighted by molar-refractivity contribution is 0.103. The fraction of sp³-hybridized carbons (Fsp3) is 0.0714. The number of carbonyl (C=O) groups is 1. The SMILES string of the molecule is Cc1cc(Cl)c(C(=O)c2ccc(F)cc2)c(Cl)c1. The second-order valence-electron chi connectivity index (χ2n) is 3.94. The van der Waals surface area contributed by atoms with Crippen LogP contribution < -0.4 is 0 Å². The van der Waals surface area contributed by atoms with E-state index in [0.29, 0.717) is 15.6 Å². The molecule has 0 bridgehead atoms. The summed E-state index contributed by atoms with van der Waals surface area (Å²) in [4.78, 5) is 12.2. The highest BCUT2D eigenvalue weighted by Gasteiger charge is 2.17. The number of rotatable bonds is 2. The zero-order valence-corrected chi connectivity index (χ0v) is 11.0. The van der Waals surface area contributed by atoms with Crippen LogP contribution in [-0.2, 0) is 0 Å². The summed E-state index contributed by atoms with van der Waals surface area (Å²) >= 11 is 12.1. The molecule has 0 aliphatic rings. The summed E-state index contributed by atoms with van der Waals surface area (Å²) < 4.78 is 12.8. The van der Waals surface area contributed by atoms with Crippen LogP contribution in [0.3, 0.4) is 0 Å². The molecule has 18 heavy (non-hydrogen) atoms. The number of benzene rings is 2. The molecule has 0 saturated heterocycles. The highest BCUT2D eigenvalue weighted by molar-refractivity contribution is 6.41. The Bertz CT molecular complexity index is 583. The summed E-state index contributed by atoms with van der Waals surface area (Å²) in [6.45, 7) is 1.84. The summed E-state index contributed by atoms with van der Waals surface area (Å²) in [6.07, 6.45) is 0. The highest BCUT2D eigenvalue weighted by Crippen LogP contribution is 2.28. The van der Waals surface area contributed by atoms with Gasteiger partial charge in [-0.05, 0) is 48.9 Å². The molecule has 0 atom stereocenters. The predicted molar refractivity (Wildman–Crippen MR) is 71.0 cm³/mol. The minimum atomic E-state index is -0.396. The first-order valence-corrected chi connectivity index (χ1v) is 6.00. The van der Waals surface area contributed by atoms with Crippen LogP contribution in [0.1, 0.15) is 21.5 Å². The molecule has 0 spiro atoms. The minimum Gasteiger partial charge on any atom is -0.288 e. The molecule has 2 aromatic rings. The zero-order valence-electron chi connectivity index (χ0n) is 9.51. The van der Waals surface area contributed by atoms with Gasteiger partial charge in [0.1, 0.15) is 5.82 Å². The van der Waals surface area contributed by atoms with Gasteiger partial charge in [-0.15, -0.1) is 0 Å². The van der Waals surface area contributed by atoms with E-state index >= 15 is 0 Å². The molecular weight excluding hydrogens is 274 g/mol. The normalized spacial score (nSPS) is 10.4. The first-order chi connectivity index (χ1) is 8.49. The molecule has 0 amide bonds. The van der Waals surface area contributed by atoms with Crippen molar-refractivity contribution in [2.45, 2.75) is 6.92 Å². The van der Waals surface area contributed by atoms with Gasteiger partial charge in [0.25, 0.3) is 0 Å². The van der Waals surface area contributed by atoms with Crippen LogP contribution in [0.4, 0.5) is 4.39 Å². The number of hydrogen-bond acceptors (Lipinski definition) is 1. The number of aryl methyl sites for hydroxylation is 1. The Balaban J connectivity index is 2.49. The van der Waals surface area contributed by atoms with Crippen LogP contribution >= 0.6 is 23.2 Å². The average molecular weight is 283 g/mol. The van der Waals surface area contributed by atoms with E-state index in [0.717, 1.165) is 5.56 Å². The quantitative estimate of drug-likeness (QED) is 0.732. The number of carbonyl (C=O) groups excluding carboxylic acids is 1. The molecule has 0 unspecified atom stereocenters. The van der Waals surface area contributed by atoms with Crippen LogP contribution in [0.2, 0.25) is 10.0 Å². The summed E-state index contributed by atoms with van der Waals surface area (Å²) in [5.41, 5.74) is 1.47. The topological polar surface area (TPSA) is 17.1 Å². The van der Waals surface area contributed by atoms with Gasteiger partial charge >= 0.3 is 0 Å². The van der Waals surface area contributed by atoms with Gasteiger partial charge < -0.3 is 0 Å². The fourth-order valence-electron chi connectivity index (χ4n) is 1.66. The predicted octanol–water partition coefficient (Wildman–Crippen LogP) is 4.67. The molecule has 0 aliphatic carbocycles. The average Bonchev–Trinajstić information content (AvgIpc) is 2.28.